The van der Waals surface area contributed by atoms with Gasteiger partial charge in [-0.05, 0) is 17.7 Å². The lowest BCUT2D eigenvalue weighted by Gasteiger charge is -2.12. The van der Waals surface area contributed by atoms with Crippen LogP contribution in [0, 0.1) is 0 Å². The van der Waals surface area contributed by atoms with Gasteiger partial charge in [0.1, 0.15) is 0 Å². The van der Waals surface area contributed by atoms with E-state index >= 15 is 0 Å². The molecule has 0 fully saturated rings. The van der Waals surface area contributed by atoms with Gasteiger partial charge < -0.3 is 19.7 Å². The van der Waals surface area contributed by atoms with Crippen LogP contribution in [0.15, 0.2) is 18.2 Å². The largest absolute Gasteiger partial charge is 0.504 e. The van der Waals surface area contributed by atoms with Crippen LogP contribution in [0.3, 0.4) is 0 Å². The van der Waals surface area contributed by atoms with Crippen molar-refractivity contribution in [1.82, 2.24) is 0 Å². The summed E-state index contributed by atoms with van der Waals surface area (Å²) in [5, 5.41) is 18.3. The van der Waals surface area contributed by atoms with Gasteiger partial charge in [0.05, 0.1) is 7.11 Å². The molecule has 0 aliphatic heterocycles. The van der Waals surface area contributed by atoms with Crippen LogP contribution in [0.2, 0.25) is 0 Å². The Morgan fingerprint density at radius 2 is 2.07 bits per heavy atom. The van der Waals surface area contributed by atoms with Crippen molar-refractivity contribution < 1.29 is 24.5 Å². The Kier molecular flexibility index (Phi) is 3.51. The summed E-state index contributed by atoms with van der Waals surface area (Å²) >= 11 is 0. The molecule has 0 radical (unpaired) electrons. The molecule has 0 saturated carbocycles. The highest BCUT2D eigenvalue weighted by molar-refractivity contribution is 5.74. The molecule has 82 valence electrons. The predicted octanol–water partition coefficient (Wildman–Crippen LogP) is 1.17. The van der Waals surface area contributed by atoms with Gasteiger partial charge >= 0.3 is 5.97 Å². The second kappa shape index (κ2) is 4.65. The Bertz CT molecular complexity index is 361. The molecular formula is C10H12O5. The van der Waals surface area contributed by atoms with Gasteiger partial charge in [-0.25, -0.2) is 4.79 Å². The van der Waals surface area contributed by atoms with E-state index in [0.29, 0.717) is 11.3 Å². The van der Waals surface area contributed by atoms with Crippen molar-refractivity contribution in [3.63, 3.8) is 0 Å². The Morgan fingerprint density at radius 1 is 1.40 bits per heavy atom. The second-order valence-electron chi connectivity index (χ2n) is 2.89. The number of methoxy groups -OCH3 is 2. The zero-order valence-corrected chi connectivity index (χ0v) is 8.43. The minimum absolute atomic E-state index is 0.113. The summed E-state index contributed by atoms with van der Waals surface area (Å²) in [7, 11) is 2.71. The number of rotatable bonds is 4. The number of benzene rings is 1. The van der Waals surface area contributed by atoms with Gasteiger partial charge in [0.2, 0.25) is 0 Å². The van der Waals surface area contributed by atoms with E-state index < -0.39 is 12.1 Å². The molecule has 0 bridgehead atoms. The average Bonchev–Trinajstić information content (AvgIpc) is 2.18. The molecule has 0 spiro atoms. The molecule has 0 aliphatic carbocycles. The lowest BCUT2D eigenvalue weighted by Crippen LogP contribution is -2.13. The maximum Gasteiger partial charge on any atom is 0.337 e. The summed E-state index contributed by atoms with van der Waals surface area (Å²) in [6.45, 7) is 0. The highest BCUT2D eigenvalue weighted by Crippen LogP contribution is 2.29. The number of carboxylic acid groups (broad SMARTS) is 1. The van der Waals surface area contributed by atoms with Gasteiger partial charge in [-0.3, -0.25) is 0 Å². The third-order valence-corrected chi connectivity index (χ3v) is 1.97. The van der Waals surface area contributed by atoms with Crippen molar-refractivity contribution >= 4 is 5.97 Å². The predicted molar refractivity (Wildman–Crippen MR) is 52.0 cm³/mol. The molecule has 1 rings (SSSR count). The van der Waals surface area contributed by atoms with Crippen molar-refractivity contribution in [3.05, 3.63) is 23.8 Å². The monoisotopic (exact) mass is 212 g/mol. The fourth-order valence-electron chi connectivity index (χ4n) is 1.25. The second-order valence-corrected chi connectivity index (χ2v) is 2.89. The number of hydrogen-bond acceptors (Lipinski definition) is 4. The van der Waals surface area contributed by atoms with E-state index in [2.05, 4.69) is 0 Å². The highest BCUT2D eigenvalue weighted by Gasteiger charge is 2.20. The highest BCUT2D eigenvalue weighted by atomic mass is 16.5. The zero-order chi connectivity index (χ0) is 11.4. The molecule has 1 aromatic rings. The van der Waals surface area contributed by atoms with Crippen molar-refractivity contribution in [3.8, 4) is 11.5 Å². The van der Waals surface area contributed by atoms with E-state index in [4.69, 9.17) is 14.6 Å². The van der Waals surface area contributed by atoms with E-state index in [1.807, 2.05) is 0 Å². The average molecular weight is 212 g/mol. The van der Waals surface area contributed by atoms with Gasteiger partial charge in [-0.15, -0.1) is 0 Å². The first-order valence-corrected chi connectivity index (χ1v) is 4.22. The van der Waals surface area contributed by atoms with Crippen LogP contribution in [0.1, 0.15) is 11.7 Å². The lowest BCUT2D eigenvalue weighted by molar-refractivity contribution is -0.148. The van der Waals surface area contributed by atoms with E-state index in [1.54, 1.807) is 0 Å². The van der Waals surface area contributed by atoms with Crippen LogP contribution in [-0.4, -0.2) is 30.4 Å². The van der Waals surface area contributed by atoms with Crippen molar-refractivity contribution in [2.75, 3.05) is 14.2 Å². The first kappa shape index (κ1) is 11.3. The summed E-state index contributed by atoms with van der Waals surface area (Å²) in [4.78, 5) is 10.8. The zero-order valence-electron chi connectivity index (χ0n) is 8.43. The van der Waals surface area contributed by atoms with Gasteiger partial charge in [0.15, 0.2) is 17.6 Å². The first-order valence-electron chi connectivity index (χ1n) is 4.22. The van der Waals surface area contributed by atoms with Crippen molar-refractivity contribution in [1.29, 1.82) is 0 Å². The molecule has 5 nitrogen and oxygen atoms in total. The molecule has 0 saturated heterocycles. The fourth-order valence-corrected chi connectivity index (χ4v) is 1.25. The van der Waals surface area contributed by atoms with Crippen LogP contribution in [0.25, 0.3) is 0 Å². The maximum atomic E-state index is 10.8. The molecule has 1 aromatic carbocycles. The number of phenols is 1. The summed E-state index contributed by atoms with van der Waals surface area (Å²) in [6.07, 6.45) is -1.08. The Labute approximate surface area is 86.9 Å². The topological polar surface area (TPSA) is 76.0 Å². The van der Waals surface area contributed by atoms with Crippen LogP contribution in [0.4, 0.5) is 0 Å². The number of ether oxygens (including phenoxy) is 2. The van der Waals surface area contributed by atoms with Crippen LogP contribution in [-0.2, 0) is 9.53 Å². The van der Waals surface area contributed by atoms with Gasteiger partial charge in [-0.2, -0.15) is 0 Å². The molecule has 5 heteroatoms. The van der Waals surface area contributed by atoms with Gasteiger partial charge in [0, 0.05) is 7.11 Å². The van der Waals surface area contributed by atoms with Crippen LogP contribution >= 0.6 is 0 Å². The molecule has 1 atom stereocenters. The molecular weight excluding hydrogens is 200 g/mol. The lowest BCUT2D eigenvalue weighted by atomic mass is 10.1. The molecule has 0 aliphatic rings. The number of hydrogen-bond donors (Lipinski definition) is 2. The molecule has 0 aromatic heterocycles. The number of phenolic OH excluding ortho intramolecular Hbond substituents is 1. The third kappa shape index (κ3) is 2.38. The maximum absolute atomic E-state index is 10.8. The molecule has 0 amide bonds. The molecule has 2 N–H and O–H groups in total. The van der Waals surface area contributed by atoms with E-state index in [1.165, 1.54) is 32.4 Å². The summed E-state index contributed by atoms with van der Waals surface area (Å²) in [6, 6.07) is 4.32. The summed E-state index contributed by atoms with van der Waals surface area (Å²) in [5.74, 6) is -0.931. The molecule has 1 unspecified atom stereocenters. The minimum atomic E-state index is -1.11. The molecule has 15 heavy (non-hydrogen) atoms. The van der Waals surface area contributed by atoms with Gasteiger partial charge in [0.25, 0.3) is 0 Å². The summed E-state index contributed by atoms with van der Waals surface area (Å²) < 4.78 is 9.61. The Balaban J connectivity index is 3.05. The van der Waals surface area contributed by atoms with Crippen LogP contribution < -0.4 is 4.74 Å². The molecule has 0 heterocycles. The van der Waals surface area contributed by atoms with E-state index in [0.717, 1.165) is 0 Å². The number of carbonyl (C=O) groups is 1. The van der Waals surface area contributed by atoms with E-state index in [-0.39, 0.29) is 5.75 Å². The standard InChI is InChI=1S/C10H12O5/c1-14-8-4-3-6(5-7(8)11)9(15-2)10(12)13/h3-5,9,11H,1-2H3,(H,12,13). The summed E-state index contributed by atoms with van der Waals surface area (Å²) in [5.41, 5.74) is 0.364. The van der Waals surface area contributed by atoms with Crippen molar-refractivity contribution in [2.45, 2.75) is 6.10 Å². The first-order chi connectivity index (χ1) is 7.10. The number of aliphatic carboxylic acids is 1. The smallest absolute Gasteiger partial charge is 0.337 e. The minimum Gasteiger partial charge on any atom is -0.504 e. The van der Waals surface area contributed by atoms with Gasteiger partial charge in [-0.1, -0.05) is 6.07 Å². The number of aromatic hydroxyl groups is 1. The SMILES string of the molecule is COc1ccc(C(OC)C(=O)O)cc1O. The Morgan fingerprint density at radius 3 is 2.47 bits per heavy atom. The van der Waals surface area contributed by atoms with Crippen molar-refractivity contribution in [2.24, 2.45) is 0 Å². The fraction of sp³-hybridized carbons (Fsp3) is 0.300. The third-order valence-electron chi connectivity index (χ3n) is 1.97. The normalized spacial score (nSPS) is 12.1. The quantitative estimate of drug-likeness (QED) is 0.783. The van der Waals surface area contributed by atoms with E-state index in [9.17, 15) is 9.90 Å². The Hall–Kier alpha value is -1.75. The van der Waals surface area contributed by atoms with Crippen LogP contribution in [0.5, 0.6) is 11.5 Å². The number of carboxylic acids is 1.